The van der Waals surface area contributed by atoms with Crippen molar-refractivity contribution in [1.29, 1.82) is 0 Å². The van der Waals surface area contributed by atoms with E-state index in [0.717, 1.165) is 13.0 Å². The molecule has 4 heteroatoms. The van der Waals surface area contributed by atoms with Crippen molar-refractivity contribution in [3.63, 3.8) is 0 Å². The molecule has 0 rings (SSSR count). The average molecular weight is 207 g/mol. The summed E-state index contributed by atoms with van der Waals surface area (Å²) in [7, 11) is 0. The number of thioether (sulfide) groups is 1. The molecule has 0 radical (unpaired) electrons. The van der Waals surface area contributed by atoms with Gasteiger partial charge in [-0.25, -0.2) is 0 Å². The van der Waals surface area contributed by atoms with E-state index in [1.165, 1.54) is 0 Å². The number of rotatable bonds is 7. The van der Waals surface area contributed by atoms with Crippen LogP contribution >= 0.6 is 11.8 Å². The van der Waals surface area contributed by atoms with Gasteiger partial charge in [-0.15, -0.1) is 0 Å². The van der Waals surface area contributed by atoms with Crippen molar-refractivity contribution >= 4 is 11.8 Å². The van der Waals surface area contributed by atoms with E-state index in [9.17, 15) is 0 Å². The van der Waals surface area contributed by atoms with Gasteiger partial charge in [0.05, 0.1) is 12.7 Å². The van der Waals surface area contributed by atoms with Gasteiger partial charge in [0.25, 0.3) is 0 Å². The van der Waals surface area contributed by atoms with Crippen LogP contribution in [0.3, 0.4) is 0 Å². The van der Waals surface area contributed by atoms with Crippen LogP contribution in [-0.4, -0.2) is 47.0 Å². The molecule has 3 nitrogen and oxygen atoms in total. The first-order chi connectivity index (χ1) is 6.11. The van der Waals surface area contributed by atoms with Crippen LogP contribution in [0.1, 0.15) is 20.3 Å². The summed E-state index contributed by atoms with van der Waals surface area (Å²) in [6.07, 6.45) is 2.51. The number of nitrogens with one attached hydrogen (secondary N) is 1. The summed E-state index contributed by atoms with van der Waals surface area (Å²) in [5.74, 6) is 0. The molecule has 80 valence electrons. The zero-order valence-electron chi connectivity index (χ0n) is 8.66. The summed E-state index contributed by atoms with van der Waals surface area (Å²) >= 11 is 1.66. The van der Waals surface area contributed by atoms with Crippen LogP contribution in [0.25, 0.3) is 0 Å². The first-order valence-electron chi connectivity index (χ1n) is 4.67. The number of hydrogen-bond acceptors (Lipinski definition) is 4. The van der Waals surface area contributed by atoms with Crippen molar-refractivity contribution in [2.24, 2.45) is 0 Å². The molecule has 0 fully saturated rings. The first-order valence-corrected chi connectivity index (χ1v) is 5.95. The predicted molar refractivity (Wildman–Crippen MR) is 58.2 cm³/mol. The SMILES string of the molecule is CSC(CO)C(C)NCCC(C)O. The third-order valence-corrected chi connectivity index (χ3v) is 3.23. The third kappa shape index (κ3) is 6.32. The molecule has 0 aromatic carbocycles. The Hall–Kier alpha value is 0.230. The van der Waals surface area contributed by atoms with Crippen LogP contribution in [0.2, 0.25) is 0 Å². The molecule has 13 heavy (non-hydrogen) atoms. The maximum absolute atomic E-state index is 9.02. The van der Waals surface area contributed by atoms with Crippen molar-refractivity contribution in [3.8, 4) is 0 Å². The molecule has 3 atom stereocenters. The largest absolute Gasteiger partial charge is 0.395 e. The summed E-state index contributed by atoms with van der Waals surface area (Å²) in [6, 6.07) is 0.291. The number of aliphatic hydroxyl groups excluding tert-OH is 2. The molecular weight excluding hydrogens is 186 g/mol. The monoisotopic (exact) mass is 207 g/mol. The lowest BCUT2D eigenvalue weighted by Gasteiger charge is -2.21. The van der Waals surface area contributed by atoms with Crippen LogP contribution in [0, 0.1) is 0 Å². The van der Waals surface area contributed by atoms with Crippen molar-refractivity contribution in [3.05, 3.63) is 0 Å². The fourth-order valence-electron chi connectivity index (χ4n) is 1.09. The highest BCUT2D eigenvalue weighted by atomic mass is 32.2. The van der Waals surface area contributed by atoms with Gasteiger partial charge in [0.15, 0.2) is 0 Å². The highest BCUT2D eigenvalue weighted by Gasteiger charge is 2.13. The summed E-state index contributed by atoms with van der Waals surface area (Å²) < 4.78 is 0. The standard InChI is InChI=1S/C9H21NO2S/c1-7(12)4-5-10-8(2)9(6-11)13-3/h7-12H,4-6H2,1-3H3. The summed E-state index contributed by atoms with van der Waals surface area (Å²) in [5.41, 5.74) is 0. The molecular formula is C9H21NO2S. The minimum atomic E-state index is -0.249. The Bertz CT molecular complexity index is 118. The van der Waals surface area contributed by atoms with Gasteiger partial charge in [-0.05, 0) is 33.1 Å². The van der Waals surface area contributed by atoms with Crippen molar-refractivity contribution in [2.75, 3.05) is 19.4 Å². The smallest absolute Gasteiger partial charge is 0.0564 e. The van der Waals surface area contributed by atoms with E-state index in [0.29, 0.717) is 6.04 Å². The van der Waals surface area contributed by atoms with E-state index in [4.69, 9.17) is 10.2 Å². The first kappa shape index (κ1) is 13.2. The lowest BCUT2D eigenvalue weighted by atomic mass is 10.2. The van der Waals surface area contributed by atoms with Crippen LogP contribution in [-0.2, 0) is 0 Å². The Kier molecular flexibility index (Phi) is 7.75. The lowest BCUT2D eigenvalue weighted by molar-refractivity contribution is 0.181. The predicted octanol–water partition coefficient (Wildman–Crippen LogP) is 0.459. The van der Waals surface area contributed by atoms with Crippen LogP contribution in [0.15, 0.2) is 0 Å². The minimum Gasteiger partial charge on any atom is -0.395 e. The Labute approximate surface area is 84.9 Å². The second-order valence-electron chi connectivity index (χ2n) is 3.34. The van der Waals surface area contributed by atoms with E-state index in [1.807, 2.05) is 6.26 Å². The highest BCUT2D eigenvalue weighted by molar-refractivity contribution is 7.99. The molecule has 0 aliphatic carbocycles. The zero-order chi connectivity index (χ0) is 10.3. The number of aliphatic hydroxyl groups is 2. The van der Waals surface area contributed by atoms with Gasteiger partial charge in [-0.1, -0.05) is 0 Å². The van der Waals surface area contributed by atoms with E-state index < -0.39 is 0 Å². The summed E-state index contributed by atoms with van der Waals surface area (Å²) in [5, 5.41) is 21.5. The molecule has 0 bridgehead atoms. The zero-order valence-corrected chi connectivity index (χ0v) is 9.47. The molecule has 0 aromatic heterocycles. The van der Waals surface area contributed by atoms with Gasteiger partial charge in [0.1, 0.15) is 0 Å². The number of hydrogen-bond donors (Lipinski definition) is 3. The van der Waals surface area contributed by atoms with Crippen molar-refractivity contribution < 1.29 is 10.2 Å². The van der Waals surface area contributed by atoms with Crippen molar-refractivity contribution in [2.45, 2.75) is 37.7 Å². The van der Waals surface area contributed by atoms with E-state index >= 15 is 0 Å². The average Bonchev–Trinajstić information content (AvgIpc) is 2.05. The Morgan fingerprint density at radius 3 is 2.38 bits per heavy atom. The fourth-order valence-corrected chi connectivity index (χ4v) is 1.74. The molecule has 0 aliphatic heterocycles. The van der Waals surface area contributed by atoms with E-state index in [-0.39, 0.29) is 18.0 Å². The quantitative estimate of drug-likeness (QED) is 0.568. The molecule has 3 N–H and O–H groups in total. The van der Waals surface area contributed by atoms with Gasteiger partial charge >= 0.3 is 0 Å². The van der Waals surface area contributed by atoms with Gasteiger partial charge in [-0.3, -0.25) is 0 Å². The van der Waals surface area contributed by atoms with Gasteiger partial charge in [-0.2, -0.15) is 11.8 Å². The van der Waals surface area contributed by atoms with Gasteiger partial charge < -0.3 is 15.5 Å². The summed E-state index contributed by atoms with van der Waals surface area (Å²) in [4.78, 5) is 0. The molecule has 0 heterocycles. The maximum Gasteiger partial charge on any atom is 0.0564 e. The minimum absolute atomic E-state index is 0.198. The maximum atomic E-state index is 9.02. The molecule has 0 aliphatic rings. The van der Waals surface area contributed by atoms with E-state index in [2.05, 4.69) is 12.2 Å². The Morgan fingerprint density at radius 2 is 2.00 bits per heavy atom. The second kappa shape index (κ2) is 7.62. The van der Waals surface area contributed by atoms with Crippen molar-refractivity contribution in [1.82, 2.24) is 5.32 Å². The van der Waals surface area contributed by atoms with Crippen LogP contribution in [0.5, 0.6) is 0 Å². The van der Waals surface area contributed by atoms with Gasteiger partial charge in [0, 0.05) is 11.3 Å². The van der Waals surface area contributed by atoms with Crippen LogP contribution < -0.4 is 5.32 Å². The summed E-state index contributed by atoms with van der Waals surface area (Å²) in [6.45, 7) is 4.84. The third-order valence-electron chi connectivity index (χ3n) is 2.07. The Morgan fingerprint density at radius 1 is 1.38 bits per heavy atom. The fraction of sp³-hybridized carbons (Fsp3) is 1.00. The molecule has 0 saturated heterocycles. The second-order valence-corrected chi connectivity index (χ2v) is 4.41. The molecule has 0 spiro atoms. The van der Waals surface area contributed by atoms with Crippen LogP contribution in [0.4, 0.5) is 0 Å². The topological polar surface area (TPSA) is 52.5 Å². The lowest BCUT2D eigenvalue weighted by Crippen LogP contribution is -2.38. The Balaban J connectivity index is 3.53. The molecule has 3 unspecified atom stereocenters. The normalized spacial score (nSPS) is 18.2. The van der Waals surface area contributed by atoms with E-state index in [1.54, 1.807) is 18.7 Å². The molecule has 0 saturated carbocycles. The molecule has 0 aromatic rings. The molecule has 0 amide bonds. The van der Waals surface area contributed by atoms with Gasteiger partial charge in [0.2, 0.25) is 0 Å². The highest BCUT2D eigenvalue weighted by Crippen LogP contribution is 2.09.